The first kappa shape index (κ1) is 17.7. The van der Waals surface area contributed by atoms with E-state index in [1.165, 1.54) is 0 Å². The fraction of sp³-hybridized carbons (Fsp3) is 0.476. The number of anilines is 1. The Balaban J connectivity index is 1.57. The molecule has 2 aromatic rings. The van der Waals surface area contributed by atoms with E-state index in [2.05, 4.69) is 33.5 Å². The highest BCUT2D eigenvalue weighted by atomic mass is 16.2. The van der Waals surface area contributed by atoms with E-state index in [0.29, 0.717) is 11.5 Å². The molecule has 1 aromatic carbocycles. The lowest BCUT2D eigenvalue weighted by molar-refractivity contribution is -0.125. The van der Waals surface area contributed by atoms with Gasteiger partial charge in [0, 0.05) is 42.9 Å². The smallest absolute Gasteiger partial charge is 0.224 e. The number of hydrogen-bond donors (Lipinski definition) is 2. The van der Waals surface area contributed by atoms with Crippen LogP contribution in [0.3, 0.4) is 0 Å². The van der Waals surface area contributed by atoms with E-state index in [4.69, 9.17) is 0 Å². The van der Waals surface area contributed by atoms with Gasteiger partial charge in [0.25, 0.3) is 0 Å². The predicted octanol–water partition coefficient (Wildman–Crippen LogP) is 2.05. The van der Waals surface area contributed by atoms with E-state index in [1.807, 2.05) is 24.3 Å². The summed E-state index contributed by atoms with van der Waals surface area (Å²) in [6.45, 7) is 5.66. The summed E-state index contributed by atoms with van der Waals surface area (Å²) in [6.07, 6.45) is 3.64. The Hall–Kier alpha value is -2.65. The van der Waals surface area contributed by atoms with E-state index >= 15 is 0 Å². The van der Waals surface area contributed by atoms with Crippen LogP contribution in [0, 0.1) is 23.2 Å². The molecule has 2 aliphatic rings. The summed E-state index contributed by atoms with van der Waals surface area (Å²) < 4.78 is 0. The van der Waals surface area contributed by atoms with Crippen LogP contribution in [-0.4, -0.2) is 43.1 Å². The number of pyridine rings is 1. The summed E-state index contributed by atoms with van der Waals surface area (Å²) in [5, 5.41) is 16.9. The second kappa shape index (κ2) is 7.53. The first-order chi connectivity index (χ1) is 13.2. The normalized spacial score (nSPS) is 25.3. The summed E-state index contributed by atoms with van der Waals surface area (Å²) in [7, 11) is 0. The lowest BCUT2D eigenvalue weighted by Gasteiger charge is -2.39. The minimum atomic E-state index is 0.0932. The molecule has 2 fully saturated rings. The molecule has 1 amide bonds. The Kier molecular flexibility index (Phi) is 4.95. The summed E-state index contributed by atoms with van der Waals surface area (Å²) in [5.74, 6) is 0.745. The lowest BCUT2D eigenvalue weighted by Crippen LogP contribution is -2.51. The third-order valence-electron chi connectivity index (χ3n) is 5.65. The van der Waals surface area contributed by atoms with Crippen molar-refractivity contribution in [1.29, 1.82) is 5.26 Å². The molecule has 140 valence electrons. The number of carbonyl (C=O) groups is 1. The predicted molar refractivity (Wildman–Crippen MR) is 105 cm³/mol. The topological polar surface area (TPSA) is 81.0 Å². The average Bonchev–Trinajstić information content (AvgIpc) is 3.21. The van der Waals surface area contributed by atoms with Gasteiger partial charge in [-0.25, -0.2) is 0 Å². The highest BCUT2D eigenvalue weighted by Gasteiger charge is 2.30. The quantitative estimate of drug-likeness (QED) is 0.872. The molecule has 0 spiro atoms. The zero-order valence-corrected chi connectivity index (χ0v) is 15.6. The maximum Gasteiger partial charge on any atom is 0.224 e. The van der Waals surface area contributed by atoms with Crippen LogP contribution in [0.5, 0.6) is 0 Å². The van der Waals surface area contributed by atoms with Crippen LogP contribution >= 0.6 is 0 Å². The second-order valence-corrected chi connectivity index (χ2v) is 7.78. The summed E-state index contributed by atoms with van der Waals surface area (Å²) in [5.41, 5.74) is 2.43. The van der Waals surface area contributed by atoms with E-state index < -0.39 is 0 Å². The summed E-state index contributed by atoms with van der Waals surface area (Å²) >= 11 is 0. The number of benzene rings is 1. The molecule has 3 atom stereocenters. The van der Waals surface area contributed by atoms with Crippen LogP contribution in [0.4, 0.5) is 5.69 Å². The molecule has 0 radical (unpaired) electrons. The molecule has 2 N–H and O–H groups in total. The molecule has 4 rings (SSSR count). The largest absolute Gasteiger partial charge is 0.369 e. The van der Waals surface area contributed by atoms with Gasteiger partial charge in [-0.15, -0.1) is 0 Å². The van der Waals surface area contributed by atoms with Crippen LogP contribution in [0.2, 0.25) is 0 Å². The molecule has 3 unspecified atom stereocenters. The molecule has 2 saturated heterocycles. The molecular weight excluding hydrogens is 338 g/mol. The van der Waals surface area contributed by atoms with E-state index in [9.17, 15) is 10.1 Å². The highest BCUT2D eigenvalue weighted by Crippen LogP contribution is 2.31. The average molecular weight is 363 g/mol. The van der Waals surface area contributed by atoms with Crippen molar-refractivity contribution in [3.63, 3.8) is 0 Å². The SMILES string of the molecule is CC1CC(NC(=O)C2CCNC2)CN(c2ccc(C#N)c3ncccc23)C1. The highest BCUT2D eigenvalue weighted by molar-refractivity contribution is 5.95. The van der Waals surface area contributed by atoms with Gasteiger partial charge in [-0.2, -0.15) is 5.26 Å². The molecule has 1 aromatic heterocycles. The molecular formula is C21H25N5O. The van der Waals surface area contributed by atoms with Crippen molar-refractivity contribution in [3.05, 3.63) is 36.0 Å². The first-order valence-corrected chi connectivity index (χ1v) is 9.69. The van der Waals surface area contributed by atoms with Crippen LogP contribution in [-0.2, 0) is 4.79 Å². The number of carbonyl (C=O) groups excluding carboxylic acids is 1. The number of piperidine rings is 1. The molecule has 0 bridgehead atoms. The van der Waals surface area contributed by atoms with Gasteiger partial charge in [0.15, 0.2) is 0 Å². The van der Waals surface area contributed by atoms with Crippen LogP contribution in [0.25, 0.3) is 10.9 Å². The van der Waals surface area contributed by atoms with Crippen LogP contribution < -0.4 is 15.5 Å². The summed E-state index contributed by atoms with van der Waals surface area (Å²) in [6, 6.07) is 10.2. The van der Waals surface area contributed by atoms with Gasteiger partial charge in [0.05, 0.1) is 17.0 Å². The minimum Gasteiger partial charge on any atom is -0.369 e. The first-order valence-electron chi connectivity index (χ1n) is 9.69. The molecule has 6 heteroatoms. The number of aromatic nitrogens is 1. The third kappa shape index (κ3) is 3.60. The van der Waals surface area contributed by atoms with E-state index in [1.54, 1.807) is 6.20 Å². The Morgan fingerprint density at radius 1 is 1.37 bits per heavy atom. The number of rotatable bonds is 3. The van der Waals surface area contributed by atoms with E-state index in [0.717, 1.165) is 55.6 Å². The Bertz CT molecular complexity index is 884. The number of hydrogen-bond acceptors (Lipinski definition) is 5. The van der Waals surface area contributed by atoms with Gasteiger partial charge in [-0.1, -0.05) is 6.92 Å². The molecule has 0 aliphatic carbocycles. The fourth-order valence-electron chi connectivity index (χ4n) is 4.37. The third-order valence-corrected chi connectivity index (χ3v) is 5.65. The zero-order chi connectivity index (χ0) is 18.8. The van der Waals surface area contributed by atoms with Crippen LogP contribution in [0.1, 0.15) is 25.3 Å². The van der Waals surface area contributed by atoms with Gasteiger partial charge in [-0.3, -0.25) is 9.78 Å². The zero-order valence-electron chi connectivity index (χ0n) is 15.6. The van der Waals surface area contributed by atoms with Crippen LogP contribution in [0.15, 0.2) is 30.5 Å². The number of nitrogens with one attached hydrogen (secondary N) is 2. The molecule has 0 saturated carbocycles. The maximum atomic E-state index is 12.5. The second-order valence-electron chi connectivity index (χ2n) is 7.78. The lowest BCUT2D eigenvalue weighted by atomic mass is 9.94. The van der Waals surface area contributed by atoms with Crippen molar-refractivity contribution in [2.45, 2.75) is 25.8 Å². The van der Waals surface area contributed by atoms with Gasteiger partial charge < -0.3 is 15.5 Å². The van der Waals surface area contributed by atoms with Gasteiger partial charge >= 0.3 is 0 Å². The number of fused-ring (bicyclic) bond motifs is 1. The van der Waals surface area contributed by atoms with Crippen molar-refractivity contribution in [2.24, 2.45) is 11.8 Å². The minimum absolute atomic E-state index is 0.0932. The monoisotopic (exact) mass is 363 g/mol. The van der Waals surface area contributed by atoms with Gasteiger partial charge in [0.2, 0.25) is 5.91 Å². The van der Waals surface area contributed by atoms with Gasteiger partial charge in [0.1, 0.15) is 6.07 Å². The molecule has 27 heavy (non-hydrogen) atoms. The Morgan fingerprint density at radius 3 is 3.04 bits per heavy atom. The van der Waals surface area contributed by atoms with Crippen molar-refractivity contribution in [2.75, 3.05) is 31.1 Å². The van der Waals surface area contributed by atoms with E-state index in [-0.39, 0.29) is 17.9 Å². The Morgan fingerprint density at radius 2 is 2.26 bits per heavy atom. The summed E-state index contributed by atoms with van der Waals surface area (Å²) in [4.78, 5) is 19.3. The number of nitriles is 1. The van der Waals surface area contributed by atoms with Crippen molar-refractivity contribution in [3.8, 4) is 6.07 Å². The Labute approximate surface area is 159 Å². The fourth-order valence-corrected chi connectivity index (χ4v) is 4.37. The maximum absolute atomic E-state index is 12.5. The van der Waals surface area contributed by atoms with Crippen molar-refractivity contribution < 1.29 is 4.79 Å². The molecule has 3 heterocycles. The molecule has 2 aliphatic heterocycles. The molecule has 6 nitrogen and oxygen atoms in total. The van der Waals surface area contributed by atoms with Crippen molar-refractivity contribution >= 4 is 22.5 Å². The van der Waals surface area contributed by atoms with Gasteiger partial charge in [-0.05, 0) is 49.6 Å². The number of nitrogens with zero attached hydrogens (tertiary/aromatic N) is 3. The number of amides is 1. The standard InChI is InChI=1S/C21H25N5O/c1-14-9-17(25-21(27)16-6-8-23-11-16)13-26(12-14)19-5-4-15(10-22)20-18(19)3-2-7-24-20/h2-5,7,14,16-17,23H,6,8-9,11-13H2,1H3,(H,25,27). The van der Waals surface area contributed by atoms with Crippen molar-refractivity contribution in [1.82, 2.24) is 15.6 Å².